The zero-order valence-electron chi connectivity index (χ0n) is 14.7. The van der Waals surface area contributed by atoms with Gasteiger partial charge in [0.25, 0.3) is 0 Å². The number of nitrogens with one attached hydrogen (secondary N) is 2. The fourth-order valence-corrected chi connectivity index (χ4v) is 2.67. The number of guanidine groups is 1. The Hall–Kier alpha value is -1.01. The van der Waals surface area contributed by atoms with Crippen LogP contribution in [0.1, 0.15) is 33.4 Å². The largest absolute Gasteiger partial charge is 0.357 e. The van der Waals surface area contributed by atoms with Gasteiger partial charge < -0.3 is 20.1 Å². The summed E-state index contributed by atoms with van der Waals surface area (Å²) in [6, 6.07) is 2.14. The molecule has 6 heteroatoms. The molecule has 0 aliphatic carbocycles. The number of aromatic nitrogens is 1. The molecule has 1 aromatic heterocycles. The molecule has 0 amide bonds. The van der Waals surface area contributed by atoms with Crippen molar-refractivity contribution in [3.63, 3.8) is 0 Å². The number of rotatable bonds is 6. The van der Waals surface area contributed by atoms with Crippen molar-refractivity contribution >= 4 is 21.9 Å². The van der Waals surface area contributed by atoms with Crippen LogP contribution in [-0.4, -0.2) is 47.6 Å². The predicted octanol–water partition coefficient (Wildman–Crippen LogP) is 2.57. The fraction of sp³-hybridized carbons (Fsp3) is 0.688. The molecule has 0 aliphatic heterocycles. The first-order chi connectivity index (χ1) is 10.2. The Morgan fingerprint density at radius 1 is 1.41 bits per heavy atom. The standard InChI is InChI=1S/C16H30BrN5/c1-7-18-15(19-8-9-20-16(2,3)4)22(6)12-14-10-13(17)11-21(14)5/h10-11,20H,7-9,12H2,1-6H3,(H,18,19). The van der Waals surface area contributed by atoms with Crippen molar-refractivity contribution < 1.29 is 0 Å². The van der Waals surface area contributed by atoms with Gasteiger partial charge in [0.05, 0.1) is 13.1 Å². The fourth-order valence-electron chi connectivity index (χ4n) is 2.10. The molecule has 0 unspecified atom stereocenters. The van der Waals surface area contributed by atoms with Crippen LogP contribution in [0.3, 0.4) is 0 Å². The topological polar surface area (TPSA) is 44.6 Å². The minimum atomic E-state index is 0.134. The van der Waals surface area contributed by atoms with Crippen molar-refractivity contribution in [2.24, 2.45) is 12.0 Å². The molecule has 0 aliphatic rings. The van der Waals surface area contributed by atoms with E-state index < -0.39 is 0 Å². The minimum Gasteiger partial charge on any atom is -0.357 e. The Morgan fingerprint density at radius 2 is 2.09 bits per heavy atom. The van der Waals surface area contributed by atoms with E-state index in [4.69, 9.17) is 4.99 Å². The maximum atomic E-state index is 4.70. The van der Waals surface area contributed by atoms with Gasteiger partial charge in [-0.15, -0.1) is 0 Å². The summed E-state index contributed by atoms with van der Waals surface area (Å²) in [6.07, 6.45) is 2.07. The molecular weight excluding hydrogens is 342 g/mol. The summed E-state index contributed by atoms with van der Waals surface area (Å²) in [6.45, 7) is 11.9. The predicted molar refractivity (Wildman–Crippen MR) is 98.3 cm³/mol. The molecule has 126 valence electrons. The van der Waals surface area contributed by atoms with Crippen LogP contribution in [0.15, 0.2) is 21.7 Å². The van der Waals surface area contributed by atoms with E-state index in [0.717, 1.165) is 36.6 Å². The lowest BCUT2D eigenvalue weighted by Gasteiger charge is -2.23. The molecule has 0 saturated heterocycles. The molecule has 0 fully saturated rings. The minimum absolute atomic E-state index is 0.134. The lowest BCUT2D eigenvalue weighted by atomic mass is 10.1. The van der Waals surface area contributed by atoms with Crippen LogP contribution >= 0.6 is 15.9 Å². The molecule has 0 atom stereocenters. The molecular formula is C16H30BrN5. The van der Waals surface area contributed by atoms with Crippen LogP contribution in [0.4, 0.5) is 0 Å². The van der Waals surface area contributed by atoms with Crippen LogP contribution in [0.2, 0.25) is 0 Å². The van der Waals surface area contributed by atoms with Gasteiger partial charge in [-0.25, -0.2) is 0 Å². The monoisotopic (exact) mass is 371 g/mol. The summed E-state index contributed by atoms with van der Waals surface area (Å²) < 4.78 is 3.24. The van der Waals surface area contributed by atoms with Crippen LogP contribution in [0.5, 0.6) is 0 Å². The third-order valence-electron chi connectivity index (χ3n) is 3.20. The second kappa shape index (κ2) is 8.58. The third-order valence-corrected chi connectivity index (χ3v) is 3.63. The van der Waals surface area contributed by atoms with Crippen molar-refractivity contribution in [1.29, 1.82) is 0 Å². The molecule has 0 saturated carbocycles. The van der Waals surface area contributed by atoms with E-state index in [2.05, 4.69) is 90.1 Å². The number of nitrogens with zero attached hydrogens (tertiary/aromatic N) is 3. The summed E-state index contributed by atoms with van der Waals surface area (Å²) in [4.78, 5) is 6.85. The molecule has 1 heterocycles. The van der Waals surface area contributed by atoms with E-state index in [9.17, 15) is 0 Å². The van der Waals surface area contributed by atoms with E-state index >= 15 is 0 Å². The highest BCUT2D eigenvalue weighted by Gasteiger charge is 2.10. The molecule has 1 rings (SSSR count). The average Bonchev–Trinajstić information content (AvgIpc) is 2.70. The SMILES string of the molecule is CCNC(=NCCNC(C)(C)C)N(C)Cc1cc(Br)cn1C. The quantitative estimate of drug-likeness (QED) is 0.458. The second-order valence-electron chi connectivity index (χ2n) is 6.53. The summed E-state index contributed by atoms with van der Waals surface area (Å²) in [7, 11) is 4.13. The van der Waals surface area contributed by atoms with Gasteiger partial charge in [0.2, 0.25) is 0 Å². The number of hydrogen-bond acceptors (Lipinski definition) is 2. The van der Waals surface area contributed by atoms with Gasteiger partial charge >= 0.3 is 0 Å². The van der Waals surface area contributed by atoms with Crippen molar-refractivity contribution in [3.8, 4) is 0 Å². The zero-order valence-corrected chi connectivity index (χ0v) is 16.3. The third kappa shape index (κ3) is 6.83. The Labute approximate surface area is 143 Å². The van der Waals surface area contributed by atoms with Crippen molar-refractivity contribution in [1.82, 2.24) is 20.1 Å². The molecule has 2 N–H and O–H groups in total. The first-order valence-electron chi connectivity index (χ1n) is 7.78. The number of aryl methyl sites for hydroxylation is 1. The van der Waals surface area contributed by atoms with E-state index in [1.165, 1.54) is 5.69 Å². The molecule has 0 aromatic carbocycles. The lowest BCUT2D eigenvalue weighted by Crippen LogP contribution is -2.40. The van der Waals surface area contributed by atoms with Crippen LogP contribution < -0.4 is 10.6 Å². The first kappa shape index (κ1) is 19.0. The van der Waals surface area contributed by atoms with Crippen LogP contribution in [0, 0.1) is 0 Å². The maximum absolute atomic E-state index is 4.70. The highest BCUT2D eigenvalue weighted by atomic mass is 79.9. The number of hydrogen-bond donors (Lipinski definition) is 2. The summed E-state index contributed by atoms with van der Waals surface area (Å²) >= 11 is 3.52. The number of halogens is 1. The van der Waals surface area contributed by atoms with E-state index in [0.29, 0.717) is 0 Å². The van der Waals surface area contributed by atoms with Gasteiger partial charge in [-0.3, -0.25) is 4.99 Å². The van der Waals surface area contributed by atoms with Crippen molar-refractivity contribution in [2.45, 2.75) is 39.8 Å². The average molecular weight is 372 g/mol. The Morgan fingerprint density at radius 3 is 2.59 bits per heavy atom. The normalized spacial score (nSPS) is 12.6. The van der Waals surface area contributed by atoms with Crippen molar-refractivity contribution in [2.75, 3.05) is 26.7 Å². The van der Waals surface area contributed by atoms with Gasteiger partial charge in [0.15, 0.2) is 5.96 Å². The molecule has 0 bridgehead atoms. The highest BCUT2D eigenvalue weighted by molar-refractivity contribution is 9.10. The van der Waals surface area contributed by atoms with E-state index in [-0.39, 0.29) is 5.54 Å². The van der Waals surface area contributed by atoms with Crippen LogP contribution in [-0.2, 0) is 13.6 Å². The Balaban J connectivity index is 2.62. The van der Waals surface area contributed by atoms with Gasteiger partial charge in [0, 0.05) is 49.1 Å². The zero-order chi connectivity index (χ0) is 16.8. The molecule has 0 spiro atoms. The lowest BCUT2D eigenvalue weighted by molar-refractivity contribution is 0.429. The number of aliphatic imine (C=N–C) groups is 1. The smallest absolute Gasteiger partial charge is 0.194 e. The highest BCUT2D eigenvalue weighted by Crippen LogP contribution is 2.14. The van der Waals surface area contributed by atoms with Gasteiger partial charge in [-0.2, -0.15) is 0 Å². The molecule has 22 heavy (non-hydrogen) atoms. The van der Waals surface area contributed by atoms with Gasteiger partial charge in [0.1, 0.15) is 0 Å². The second-order valence-corrected chi connectivity index (χ2v) is 7.44. The Bertz CT molecular complexity index is 487. The van der Waals surface area contributed by atoms with Crippen molar-refractivity contribution in [3.05, 3.63) is 22.4 Å². The summed E-state index contributed by atoms with van der Waals surface area (Å²) in [5.74, 6) is 0.940. The van der Waals surface area contributed by atoms with E-state index in [1.54, 1.807) is 0 Å². The van der Waals surface area contributed by atoms with Gasteiger partial charge in [-0.05, 0) is 49.7 Å². The molecule has 1 aromatic rings. The molecule has 5 nitrogen and oxygen atoms in total. The molecule has 0 radical (unpaired) electrons. The summed E-state index contributed by atoms with van der Waals surface area (Å²) in [5, 5.41) is 6.81. The Kier molecular flexibility index (Phi) is 7.42. The van der Waals surface area contributed by atoms with Gasteiger partial charge in [-0.1, -0.05) is 0 Å². The maximum Gasteiger partial charge on any atom is 0.194 e. The van der Waals surface area contributed by atoms with E-state index in [1.807, 2.05) is 0 Å². The van der Waals surface area contributed by atoms with Crippen LogP contribution in [0.25, 0.3) is 0 Å². The summed E-state index contributed by atoms with van der Waals surface area (Å²) in [5.41, 5.74) is 1.38. The first-order valence-corrected chi connectivity index (χ1v) is 8.57.